The number of carbonyl (C=O) groups excluding carboxylic acids is 2. The molecule has 0 bridgehead atoms. The van der Waals surface area contributed by atoms with Crippen molar-refractivity contribution in [2.45, 2.75) is 13.2 Å². The Morgan fingerprint density at radius 1 is 1.38 bits per heavy atom. The molecule has 110 valence electrons. The van der Waals surface area contributed by atoms with Crippen molar-refractivity contribution in [3.63, 3.8) is 0 Å². The Hall–Kier alpha value is -1.67. The van der Waals surface area contributed by atoms with Gasteiger partial charge in [0.05, 0.1) is 17.4 Å². The molecule has 0 atom stereocenters. The Morgan fingerprint density at radius 2 is 2.10 bits per heavy atom. The average molecular weight is 399 g/mol. The summed E-state index contributed by atoms with van der Waals surface area (Å²) in [7, 11) is 1.31. The van der Waals surface area contributed by atoms with Crippen molar-refractivity contribution < 1.29 is 19.4 Å². The molecule has 1 aromatic heterocycles. The van der Waals surface area contributed by atoms with Crippen LogP contribution in [-0.2, 0) is 17.9 Å². The molecule has 0 unspecified atom stereocenters. The monoisotopic (exact) mass is 399 g/mol. The largest absolute Gasteiger partial charge is 0.464 e. The van der Waals surface area contributed by atoms with Crippen molar-refractivity contribution in [3.8, 4) is 0 Å². The van der Waals surface area contributed by atoms with Crippen LogP contribution in [0.1, 0.15) is 32.0 Å². The van der Waals surface area contributed by atoms with Gasteiger partial charge < -0.3 is 14.4 Å². The quantitative estimate of drug-likeness (QED) is 0.476. The minimum absolute atomic E-state index is 0.0416. The van der Waals surface area contributed by atoms with Crippen molar-refractivity contribution in [1.29, 1.82) is 0 Å². The summed E-state index contributed by atoms with van der Waals surface area (Å²) in [5, 5.41) is 9.18. The number of nitrogens with zero attached hydrogens (tertiary/aromatic N) is 1. The number of esters is 1. The SMILES string of the molecule is COC(=O)c1cc(C=O)c(I)n1Cc1cccc(CO)c1. The lowest BCUT2D eigenvalue weighted by Gasteiger charge is -2.10. The van der Waals surface area contributed by atoms with Crippen LogP contribution >= 0.6 is 22.6 Å². The summed E-state index contributed by atoms with van der Waals surface area (Å²) in [6.07, 6.45) is 0.717. The van der Waals surface area contributed by atoms with Crippen LogP contribution in [0.4, 0.5) is 0 Å². The average Bonchev–Trinajstić information content (AvgIpc) is 2.83. The lowest BCUT2D eigenvalue weighted by Crippen LogP contribution is -2.12. The maximum absolute atomic E-state index is 11.8. The highest BCUT2D eigenvalue weighted by molar-refractivity contribution is 14.1. The molecule has 0 aliphatic carbocycles. The number of aliphatic hydroxyl groups excluding tert-OH is 1. The van der Waals surface area contributed by atoms with Crippen molar-refractivity contribution in [1.82, 2.24) is 4.57 Å². The summed E-state index contributed by atoms with van der Waals surface area (Å²) >= 11 is 2.03. The van der Waals surface area contributed by atoms with Crippen molar-refractivity contribution >= 4 is 34.8 Å². The number of aliphatic hydroxyl groups is 1. The van der Waals surface area contributed by atoms with Gasteiger partial charge in [0, 0.05) is 12.1 Å². The van der Waals surface area contributed by atoms with E-state index in [-0.39, 0.29) is 6.61 Å². The summed E-state index contributed by atoms with van der Waals surface area (Å²) in [6, 6.07) is 8.95. The second-order valence-electron chi connectivity index (χ2n) is 4.45. The van der Waals surface area contributed by atoms with Gasteiger partial charge in [0.15, 0.2) is 6.29 Å². The highest BCUT2D eigenvalue weighted by Crippen LogP contribution is 2.20. The van der Waals surface area contributed by atoms with E-state index in [4.69, 9.17) is 4.74 Å². The fourth-order valence-corrected chi connectivity index (χ4v) is 2.78. The standard InChI is InChI=1S/C15H14INO4/c1-21-15(20)13-6-12(9-19)14(16)17(13)7-10-3-2-4-11(5-10)8-18/h2-6,9,18H,7-8H2,1H3. The van der Waals surface area contributed by atoms with Crippen LogP contribution in [0, 0.1) is 3.70 Å². The molecule has 0 spiro atoms. The molecule has 0 radical (unpaired) electrons. The van der Waals surface area contributed by atoms with Crippen LogP contribution in [0.2, 0.25) is 0 Å². The van der Waals surface area contributed by atoms with E-state index in [0.29, 0.717) is 21.5 Å². The molecule has 5 nitrogen and oxygen atoms in total. The summed E-state index contributed by atoms with van der Waals surface area (Å²) in [6.45, 7) is 0.379. The lowest BCUT2D eigenvalue weighted by atomic mass is 10.1. The first-order valence-electron chi connectivity index (χ1n) is 6.22. The van der Waals surface area contributed by atoms with E-state index in [1.165, 1.54) is 13.2 Å². The second-order valence-corrected chi connectivity index (χ2v) is 5.47. The molecule has 0 aliphatic heterocycles. The van der Waals surface area contributed by atoms with Gasteiger partial charge in [-0.05, 0) is 39.8 Å². The molecule has 0 saturated heterocycles. The molecule has 0 fully saturated rings. The van der Waals surface area contributed by atoms with E-state index in [1.807, 2.05) is 46.9 Å². The molecule has 0 aliphatic rings. The number of halogens is 1. The molecule has 2 aromatic rings. The number of hydrogen-bond donors (Lipinski definition) is 1. The van der Waals surface area contributed by atoms with Gasteiger partial charge in [-0.2, -0.15) is 0 Å². The fourth-order valence-electron chi connectivity index (χ4n) is 2.07. The Labute approximate surface area is 135 Å². The number of rotatable bonds is 5. The highest BCUT2D eigenvalue weighted by Gasteiger charge is 2.19. The minimum Gasteiger partial charge on any atom is -0.464 e. The molecule has 0 amide bonds. The van der Waals surface area contributed by atoms with E-state index in [0.717, 1.165) is 17.4 Å². The van der Waals surface area contributed by atoms with Crippen LogP contribution in [0.25, 0.3) is 0 Å². The Balaban J connectivity index is 2.44. The zero-order chi connectivity index (χ0) is 15.4. The number of hydrogen-bond acceptors (Lipinski definition) is 4. The predicted octanol–water partition coefficient (Wildman–Crippen LogP) is 2.23. The van der Waals surface area contributed by atoms with Gasteiger partial charge in [0.25, 0.3) is 0 Å². The number of methoxy groups -OCH3 is 1. The topological polar surface area (TPSA) is 68.5 Å². The molecule has 21 heavy (non-hydrogen) atoms. The maximum Gasteiger partial charge on any atom is 0.354 e. The lowest BCUT2D eigenvalue weighted by molar-refractivity contribution is 0.0588. The molecular weight excluding hydrogens is 385 g/mol. The molecule has 1 heterocycles. The Bertz CT molecular complexity index is 678. The summed E-state index contributed by atoms with van der Waals surface area (Å²) in [5.41, 5.74) is 2.51. The second kappa shape index (κ2) is 6.86. The first kappa shape index (κ1) is 15.7. The van der Waals surface area contributed by atoms with Crippen LogP contribution < -0.4 is 0 Å². The molecule has 1 aromatic carbocycles. The number of benzene rings is 1. The molecule has 6 heteroatoms. The zero-order valence-electron chi connectivity index (χ0n) is 11.4. The van der Waals surface area contributed by atoms with Crippen LogP contribution in [0.5, 0.6) is 0 Å². The van der Waals surface area contributed by atoms with E-state index in [9.17, 15) is 14.7 Å². The highest BCUT2D eigenvalue weighted by atomic mass is 127. The van der Waals surface area contributed by atoms with Crippen molar-refractivity contribution in [2.24, 2.45) is 0 Å². The molecular formula is C15H14INO4. The Kier molecular flexibility index (Phi) is 5.13. The summed E-state index contributed by atoms with van der Waals surface area (Å²) in [5.74, 6) is -0.487. The molecule has 1 N–H and O–H groups in total. The van der Waals surface area contributed by atoms with E-state index in [2.05, 4.69) is 0 Å². The number of aromatic nitrogens is 1. The third-order valence-electron chi connectivity index (χ3n) is 3.09. The zero-order valence-corrected chi connectivity index (χ0v) is 13.5. The Morgan fingerprint density at radius 3 is 2.71 bits per heavy atom. The summed E-state index contributed by atoms with van der Waals surface area (Å²) in [4.78, 5) is 22.9. The van der Waals surface area contributed by atoms with Gasteiger partial charge in [0.2, 0.25) is 0 Å². The summed E-state index contributed by atoms with van der Waals surface area (Å²) < 4.78 is 7.16. The fraction of sp³-hybridized carbons (Fsp3) is 0.200. The normalized spacial score (nSPS) is 10.4. The number of ether oxygens (including phenoxy) is 1. The van der Waals surface area contributed by atoms with Gasteiger partial charge in [0.1, 0.15) is 5.69 Å². The number of carbonyl (C=O) groups is 2. The molecule has 2 rings (SSSR count). The predicted molar refractivity (Wildman–Crippen MR) is 85.3 cm³/mol. The molecule has 0 saturated carbocycles. The van der Waals surface area contributed by atoms with Gasteiger partial charge in [-0.1, -0.05) is 24.3 Å². The third kappa shape index (κ3) is 3.33. The first-order valence-corrected chi connectivity index (χ1v) is 7.29. The van der Waals surface area contributed by atoms with E-state index in [1.54, 1.807) is 4.57 Å². The van der Waals surface area contributed by atoms with Crippen molar-refractivity contribution in [3.05, 3.63) is 56.4 Å². The van der Waals surface area contributed by atoms with Gasteiger partial charge >= 0.3 is 5.97 Å². The van der Waals surface area contributed by atoms with Crippen LogP contribution in [-0.4, -0.2) is 29.0 Å². The van der Waals surface area contributed by atoms with Gasteiger partial charge in [-0.3, -0.25) is 4.79 Å². The maximum atomic E-state index is 11.8. The van der Waals surface area contributed by atoms with Gasteiger partial charge in [-0.25, -0.2) is 4.79 Å². The third-order valence-corrected chi connectivity index (χ3v) is 4.30. The van der Waals surface area contributed by atoms with E-state index >= 15 is 0 Å². The van der Waals surface area contributed by atoms with Crippen LogP contribution in [0.3, 0.4) is 0 Å². The first-order chi connectivity index (χ1) is 10.1. The van der Waals surface area contributed by atoms with Crippen molar-refractivity contribution in [2.75, 3.05) is 7.11 Å². The van der Waals surface area contributed by atoms with Crippen LogP contribution in [0.15, 0.2) is 30.3 Å². The minimum atomic E-state index is -0.487. The smallest absolute Gasteiger partial charge is 0.354 e. The van der Waals surface area contributed by atoms with E-state index < -0.39 is 5.97 Å². The number of aldehydes is 1. The van der Waals surface area contributed by atoms with Gasteiger partial charge in [-0.15, -0.1) is 0 Å².